The number of nitrogens with two attached hydrogens (primary N) is 1. The molecule has 26 heavy (non-hydrogen) atoms. The first kappa shape index (κ1) is 15.8. The summed E-state index contributed by atoms with van der Waals surface area (Å²) < 4.78 is 1.72. The Morgan fingerprint density at radius 2 is 1.88 bits per heavy atom. The summed E-state index contributed by atoms with van der Waals surface area (Å²) in [7, 11) is 1.85. The van der Waals surface area contributed by atoms with Gasteiger partial charge in [0.05, 0.1) is 34.8 Å². The topological polar surface area (TPSA) is 98.7 Å². The van der Waals surface area contributed by atoms with Crippen LogP contribution in [0.4, 0.5) is 11.4 Å². The first-order valence-electron chi connectivity index (χ1n) is 8.02. The quantitative estimate of drug-likeness (QED) is 0.557. The van der Waals surface area contributed by atoms with Crippen LogP contribution in [0.25, 0.3) is 22.2 Å². The van der Waals surface area contributed by atoms with Gasteiger partial charge in [-0.05, 0) is 29.8 Å². The minimum atomic E-state index is -0.363. The summed E-state index contributed by atoms with van der Waals surface area (Å²) in [6.45, 7) is 0. The van der Waals surface area contributed by atoms with Crippen LogP contribution in [-0.2, 0) is 7.05 Å². The third-order valence-electron chi connectivity index (χ3n) is 4.02. The van der Waals surface area contributed by atoms with E-state index in [4.69, 9.17) is 5.73 Å². The Kier molecular flexibility index (Phi) is 3.81. The van der Waals surface area contributed by atoms with E-state index in [1.54, 1.807) is 16.9 Å². The van der Waals surface area contributed by atoms with Crippen LogP contribution in [0.1, 0.15) is 10.5 Å². The van der Waals surface area contributed by atoms with E-state index in [1.807, 2.05) is 49.6 Å². The lowest BCUT2D eigenvalue weighted by molar-refractivity contribution is 0.102. The van der Waals surface area contributed by atoms with Gasteiger partial charge in [-0.25, -0.2) is 4.98 Å². The fourth-order valence-corrected chi connectivity index (χ4v) is 2.67. The van der Waals surface area contributed by atoms with Crippen molar-refractivity contribution in [2.45, 2.75) is 0 Å². The molecule has 0 atom stereocenters. The Morgan fingerprint density at radius 1 is 1.08 bits per heavy atom. The van der Waals surface area contributed by atoms with Gasteiger partial charge in [0.25, 0.3) is 5.91 Å². The molecule has 4 aromatic rings. The van der Waals surface area contributed by atoms with E-state index in [0.717, 1.165) is 16.6 Å². The summed E-state index contributed by atoms with van der Waals surface area (Å²) in [6.07, 6.45) is 5.11. The average Bonchev–Trinajstić information content (AvgIpc) is 3.09. The summed E-state index contributed by atoms with van der Waals surface area (Å²) >= 11 is 0. The van der Waals surface area contributed by atoms with Crippen LogP contribution < -0.4 is 11.1 Å². The number of amides is 1. The monoisotopic (exact) mass is 344 g/mol. The molecule has 0 saturated heterocycles. The Labute approximate surface area is 149 Å². The number of hydrogen-bond donors (Lipinski definition) is 2. The number of fused-ring (bicyclic) bond motifs is 1. The molecule has 3 N–H and O–H groups in total. The molecule has 7 nitrogen and oxygen atoms in total. The van der Waals surface area contributed by atoms with Gasteiger partial charge in [0.15, 0.2) is 0 Å². The lowest BCUT2D eigenvalue weighted by atomic mass is 10.1. The lowest BCUT2D eigenvalue weighted by Gasteiger charge is -2.10. The largest absolute Gasteiger partial charge is 0.397 e. The highest BCUT2D eigenvalue weighted by Crippen LogP contribution is 2.27. The van der Waals surface area contributed by atoms with Gasteiger partial charge in [0.1, 0.15) is 5.69 Å². The van der Waals surface area contributed by atoms with Crippen molar-refractivity contribution in [3.05, 3.63) is 66.7 Å². The average molecular weight is 344 g/mol. The second-order valence-corrected chi connectivity index (χ2v) is 5.90. The van der Waals surface area contributed by atoms with Crippen LogP contribution in [0.2, 0.25) is 0 Å². The van der Waals surface area contributed by atoms with Crippen molar-refractivity contribution in [2.24, 2.45) is 7.05 Å². The van der Waals surface area contributed by atoms with E-state index in [0.29, 0.717) is 16.9 Å². The highest BCUT2D eigenvalue weighted by Gasteiger charge is 2.12. The van der Waals surface area contributed by atoms with Gasteiger partial charge in [-0.2, -0.15) is 5.10 Å². The number of nitrogens with zero attached hydrogens (tertiary/aromatic N) is 4. The van der Waals surface area contributed by atoms with E-state index in [9.17, 15) is 4.79 Å². The SMILES string of the molecule is Cn1cc(-c2ccc(N)c(NC(=O)c3cnc4ccccc4n3)c2)cn1. The smallest absolute Gasteiger partial charge is 0.275 e. The number of aromatic nitrogens is 4. The van der Waals surface area contributed by atoms with Crippen LogP contribution in [0.3, 0.4) is 0 Å². The number of nitrogens with one attached hydrogen (secondary N) is 1. The minimum absolute atomic E-state index is 0.231. The van der Waals surface area contributed by atoms with Crippen molar-refractivity contribution in [3.63, 3.8) is 0 Å². The van der Waals surface area contributed by atoms with Crippen molar-refractivity contribution in [2.75, 3.05) is 11.1 Å². The number of hydrogen-bond acceptors (Lipinski definition) is 5. The molecular formula is C19H16N6O. The molecule has 0 bridgehead atoms. The number of rotatable bonds is 3. The van der Waals surface area contributed by atoms with Crippen molar-refractivity contribution in [3.8, 4) is 11.1 Å². The molecule has 0 fully saturated rings. The van der Waals surface area contributed by atoms with E-state index in [1.165, 1.54) is 6.20 Å². The zero-order valence-electron chi connectivity index (χ0n) is 14.0. The molecule has 2 heterocycles. The van der Waals surface area contributed by atoms with Gasteiger partial charge in [-0.1, -0.05) is 18.2 Å². The number of anilines is 2. The number of nitrogen functional groups attached to an aromatic ring is 1. The molecular weight excluding hydrogens is 328 g/mol. The molecule has 128 valence electrons. The summed E-state index contributed by atoms with van der Waals surface area (Å²) in [5.41, 5.74) is 10.5. The first-order chi connectivity index (χ1) is 12.6. The molecule has 1 amide bonds. The van der Waals surface area contributed by atoms with E-state index in [-0.39, 0.29) is 11.6 Å². The Balaban J connectivity index is 1.64. The molecule has 4 rings (SSSR count). The second kappa shape index (κ2) is 6.29. The molecule has 0 aliphatic carbocycles. The highest BCUT2D eigenvalue weighted by atomic mass is 16.1. The minimum Gasteiger partial charge on any atom is -0.397 e. The molecule has 0 aliphatic rings. The summed E-state index contributed by atoms with van der Waals surface area (Å²) in [5, 5.41) is 6.98. The van der Waals surface area contributed by atoms with Gasteiger partial charge in [0, 0.05) is 18.8 Å². The number of carbonyl (C=O) groups is 1. The molecule has 0 unspecified atom stereocenters. The van der Waals surface area contributed by atoms with Crippen LogP contribution in [0.15, 0.2) is 61.1 Å². The summed E-state index contributed by atoms with van der Waals surface area (Å²) in [6, 6.07) is 12.9. The zero-order valence-corrected chi connectivity index (χ0v) is 14.0. The predicted molar refractivity (Wildman–Crippen MR) is 101 cm³/mol. The van der Waals surface area contributed by atoms with Gasteiger partial charge < -0.3 is 11.1 Å². The third kappa shape index (κ3) is 2.98. The van der Waals surface area contributed by atoms with E-state index >= 15 is 0 Å². The Morgan fingerprint density at radius 3 is 2.65 bits per heavy atom. The Hall–Kier alpha value is -3.74. The normalized spacial score (nSPS) is 10.8. The fourth-order valence-electron chi connectivity index (χ4n) is 2.67. The molecule has 0 spiro atoms. The Bertz CT molecular complexity index is 1120. The van der Waals surface area contributed by atoms with Crippen molar-refractivity contribution >= 4 is 28.3 Å². The van der Waals surface area contributed by atoms with Gasteiger partial charge in [0.2, 0.25) is 0 Å². The van der Waals surface area contributed by atoms with Gasteiger partial charge in [-0.3, -0.25) is 14.5 Å². The van der Waals surface area contributed by atoms with Crippen molar-refractivity contribution < 1.29 is 4.79 Å². The molecule has 2 aromatic carbocycles. The summed E-state index contributed by atoms with van der Waals surface area (Å²) in [5.74, 6) is -0.363. The second-order valence-electron chi connectivity index (χ2n) is 5.90. The highest BCUT2D eigenvalue weighted by molar-refractivity contribution is 6.05. The van der Waals surface area contributed by atoms with Crippen molar-refractivity contribution in [1.82, 2.24) is 19.7 Å². The number of carbonyl (C=O) groups excluding carboxylic acids is 1. The lowest BCUT2D eigenvalue weighted by Crippen LogP contribution is -2.15. The maximum absolute atomic E-state index is 12.6. The molecule has 0 aliphatic heterocycles. The standard InChI is InChI=1S/C19H16N6O/c1-25-11-13(9-22-25)12-6-7-14(20)17(8-12)24-19(26)18-10-21-15-4-2-3-5-16(15)23-18/h2-11H,20H2,1H3,(H,24,26). The maximum Gasteiger partial charge on any atom is 0.275 e. The molecule has 7 heteroatoms. The maximum atomic E-state index is 12.6. The van der Waals surface area contributed by atoms with Crippen LogP contribution in [0.5, 0.6) is 0 Å². The van der Waals surface area contributed by atoms with E-state index < -0.39 is 0 Å². The predicted octanol–water partition coefficient (Wildman–Crippen LogP) is 2.86. The molecule has 0 radical (unpaired) electrons. The number of aryl methyl sites for hydroxylation is 1. The van der Waals surface area contributed by atoms with E-state index in [2.05, 4.69) is 20.4 Å². The first-order valence-corrected chi connectivity index (χ1v) is 8.02. The molecule has 0 saturated carbocycles. The van der Waals surface area contributed by atoms with Gasteiger partial charge >= 0.3 is 0 Å². The van der Waals surface area contributed by atoms with Crippen LogP contribution in [-0.4, -0.2) is 25.7 Å². The third-order valence-corrected chi connectivity index (χ3v) is 4.02. The summed E-state index contributed by atoms with van der Waals surface area (Å²) in [4.78, 5) is 21.2. The zero-order chi connectivity index (χ0) is 18.1. The fraction of sp³-hybridized carbons (Fsp3) is 0.0526. The van der Waals surface area contributed by atoms with Crippen molar-refractivity contribution in [1.29, 1.82) is 0 Å². The van der Waals surface area contributed by atoms with Gasteiger partial charge in [-0.15, -0.1) is 0 Å². The molecule has 2 aromatic heterocycles. The number of para-hydroxylation sites is 2. The van der Waals surface area contributed by atoms with Crippen LogP contribution >= 0.6 is 0 Å². The van der Waals surface area contributed by atoms with Crippen LogP contribution in [0, 0.1) is 0 Å². The number of benzene rings is 2.